The fraction of sp³-hybridized carbons (Fsp3) is 0.684. The van der Waals surface area contributed by atoms with Crippen LogP contribution < -0.4 is 45.9 Å². The number of ether oxygens (including phenoxy) is 8. The van der Waals surface area contributed by atoms with E-state index in [4.69, 9.17) is 45.9 Å². The molecule has 0 aliphatic heterocycles. The molecular weight excluding hydrogens is 889 g/mol. The van der Waals surface area contributed by atoms with Crippen molar-refractivity contribution in [1.82, 2.24) is 0 Å². The van der Waals surface area contributed by atoms with Gasteiger partial charge in [0.05, 0.1) is 56.9 Å². The minimum absolute atomic E-state index is 0.348. The molecule has 0 fully saturated rings. The SMILES string of the molecule is COC(=O)[C@@H](N)C/C=C/C[C@H](N)C(=O)OC.COC(=O)[C@@H](N)CCSC[C@H](N)C(=O)OC.COC(=O)[C@H](N)C/C=C/C[C@H](N)C(=O)OC.COC(=O)[C@H](N)CSCC[C@H](N)C(=O)OC. The van der Waals surface area contributed by atoms with Crippen molar-refractivity contribution in [2.45, 2.75) is 86.9 Å². The van der Waals surface area contributed by atoms with Crippen LogP contribution in [-0.4, -0.2) is 176 Å². The summed E-state index contributed by atoms with van der Waals surface area (Å²) in [6.07, 6.45) is 9.11. The molecule has 8 atom stereocenters. The largest absolute Gasteiger partial charge is 0.468 e. The van der Waals surface area contributed by atoms with Crippen LogP contribution in [0.25, 0.3) is 0 Å². The topological polar surface area (TPSA) is 419 Å². The summed E-state index contributed by atoms with van der Waals surface area (Å²) in [6, 6.07) is -5.25. The minimum Gasteiger partial charge on any atom is -0.468 e. The third-order valence-electron chi connectivity index (χ3n) is 7.67. The summed E-state index contributed by atoms with van der Waals surface area (Å²) in [5, 5.41) is 0. The van der Waals surface area contributed by atoms with Crippen LogP contribution in [0.1, 0.15) is 38.5 Å². The van der Waals surface area contributed by atoms with E-state index in [1.54, 1.807) is 24.3 Å². The van der Waals surface area contributed by atoms with Gasteiger partial charge in [-0.2, -0.15) is 23.5 Å². The number of carbonyl (C=O) groups excluding carboxylic acids is 8. The summed E-state index contributed by atoms with van der Waals surface area (Å²) in [5.41, 5.74) is 44.0. The zero-order valence-corrected chi connectivity index (χ0v) is 39.6. The van der Waals surface area contributed by atoms with E-state index in [1.165, 1.54) is 80.4 Å². The molecule has 0 saturated heterocycles. The summed E-state index contributed by atoms with van der Waals surface area (Å²) in [6.45, 7) is 0. The summed E-state index contributed by atoms with van der Waals surface area (Å²) < 4.78 is 35.7. The van der Waals surface area contributed by atoms with Crippen molar-refractivity contribution in [2.24, 2.45) is 45.9 Å². The average Bonchev–Trinajstić information content (AvgIpc) is 3.31. The highest BCUT2D eigenvalue weighted by Gasteiger charge is 2.18. The lowest BCUT2D eigenvalue weighted by atomic mass is 10.1. The van der Waals surface area contributed by atoms with E-state index in [-0.39, 0.29) is 0 Å². The van der Waals surface area contributed by atoms with Crippen molar-refractivity contribution in [3.05, 3.63) is 24.3 Å². The molecule has 0 saturated carbocycles. The standard InChI is InChI=1S/2C10H18N2O4.2C9H18N2O4S/c2*1-15-9(13)7(11)5-3-4-6-8(12)10(14)16-2;2*1-14-8(12)6(10)3-4-16-5-7(11)9(13)15-2/h2*3-4,7-8H,5-6,11-12H2,1-2H3;2*6-7H,3-5,10-11H2,1-2H3/b2*4-3+;;/t7-,8+;7-,8-;6-,7+;6-,7-/m.000/s1. The number of hydrogen-bond acceptors (Lipinski definition) is 26. The van der Waals surface area contributed by atoms with Gasteiger partial charge in [-0.15, -0.1) is 0 Å². The third kappa shape index (κ3) is 36.0. The minimum atomic E-state index is -0.685. The molecule has 16 N–H and O–H groups in total. The van der Waals surface area contributed by atoms with Gasteiger partial charge in [-0.3, -0.25) is 38.4 Å². The number of carbonyl (C=O) groups is 8. The van der Waals surface area contributed by atoms with Crippen molar-refractivity contribution < 1.29 is 76.3 Å². The summed E-state index contributed by atoms with van der Waals surface area (Å²) in [4.78, 5) is 87.4. The first kappa shape index (κ1) is 66.2. The second-order valence-electron chi connectivity index (χ2n) is 12.7. The van der Waals surface area contributed by atoms with Gasteiger partial charge >= 0.3 is 47.8 Å². The fourth-order valence-electron chi connectivity index (χ4n) is 3.78. The Morgan fingerprint density at radius 3 is 0.688 bits per heavy atom. The highest BCUT2D eigenvalue weighted by molar-refractivity contribution is 7.99. The smallest absolute Gasteiger partial charge is 0.323 e. The first-order valence-corrected chi connectivity index (χ1v) is 21.5. The van der Waals surface area contributed by atoms with Crippen molar-refractivity contribution in [3.63, 3.8) is 0 Å². The number of hydrogen-bond donors (Lipinski definition) is 8. The number of rotatable bonds is 26. The monoisotopic (exact) mass is 960 g/mol. The van der Waals surface area contributed by atoms with E-state index >= 15 is 0 Å². The second-order valence-corrected chi connectivity index (χ2v) is 14.9. The Kier molecular flexibility index (Phi) is 44.0. The molecule has 0 amide bonds. The lowest BCUT2D eigenvalue weighted by molar-refractivity contribution is -0.143. The Morgan fingerprint density at radius 2 is 0.500 bits per heavy atom. The summed E-state index contributed by atoms with van der Waals surface area (Å²) >= 11 is 2.90. The van der Waals surface area contributed by atoms with Crippen molar-refractivity contribution >= 4 is 71.3 Å². The molecule has 24 nitrogen and oxygen atoms in total. The average molecular weight is 961 g/mol. The molecule has 0 spiro atoms. The van der Waals surface area contributed by atoms with E-state index in [0.29, 0.717) is 61.5 Å². The summed E-state index contributed by atoms with van der Waals surface area (Å²) in [7, 11) is 10.3. The Balaban J connectivity index is -0.000000375. The Hall–Kier alpha value is -4.38. The lowest BCUT2D eigenvalue weighted by Crippen LogP contribution is -2.35. The lowest BCUT2D eigenvalue weighted by Gasteiger charge is -2.10. The van der Waals surface area contributed by atoms with Gasteiger partial charge in [0.2, 0.25) is 0 Å². The van der Waals surface area contributed by atoms with E-state index in [0.717, 1.165) is 0 Å². The quantitative estimate of drug-likeness (QED) is 0.0184. The molecule has 0 aromatic heterocycles. The third-order valence-corrected chi connectivity index (χ3v) is 9.90. The maximum atomic E-state index is 10.9. The van der Waals surface area contributed by atoms with Gasteiger partial charge in [-0.1, -0.05) is 24.3 Å². The molecule has 0 radical (unpaired) electrons. The molecule has 372 valence electrons. The van der Waals surface area contributed by atoms with Crippen LogP contribution in [0.5, 0.6) is 0 Å². The summed E-state index contributed by atoms with van der Waals surface area (Å²) in [5.74, 6) is -1.46. The molecule has 0 aromatic carbocycles. The molecular formula is C38H72N8O16S2. The van der Waals surface area contributed by atoms with Crippen molar-refractivity contribution in [3.8, 4) is 0 Å². The van der Waals surface area contributed by atoms with Crippen LogP contribution in [0.2, 0.25) is 0 Å². The molecule has 0 heterocycles. The highest BCUT2D eigenvalue weighted by Crippen LogP contribution is 2.08. The first-order chi connectivity index (χ1) is 30.1. The van der Waals surface area contributed by atoms with Gasteiger partial charge in [0.15, 0.2) is 0 Å². The van der Waals surface area contributed by atoms with Crippen LogP contribution in [0.15, 0.2) is 24.3 Å². The van der Waals surface area contributed by atoms with E-state index in [9.17, 15) is 38.4 Å². The Labute approximate surface area is 383 Å². The predicted molar refractivity (Wildman–Crippen MR) is 241 cm³/mol. The normalized spacial score (nSPS) is 14.2. The first-order valence-electron chi connectivity index (χ1n) is 19.2. The van der Waals surface area contributed by atoms with Crippen molar-refractivity contribution in [1.29, 1.82) is 0 Å². The molecule has 64 heavy (non-hydrogen) atoms. The maximum absolute atomic E-state index is 10.9. The van der Waals surface area contributed by atoms with Crippen molar-refractivity contribution in [2.75, 3.05) is 79.9 Å². The van der Waals surface area contributed by atoms with Gasteiger partial charge in [-0.05, 0) is 50.0 Å². The fourth-order valence-corrected chi connectivity index (χ4v) is 5.73. The van der Waals surface area contributed by atoms with Gasteiger partial charge in [0.1, 0.15) is 48.3 Å². The zero-order valence-electron chi connectivity index (χ0n) is 38.0. The van der Waals surface area contributed by atoms with Gasteiger partial charge in [0, 0.05) is 11.5 Å². The van der Waals surface area contributed by atoms with E-state index in [2.05, 4.69) is 37.9 Å². The molecule has 0 rings (SSSR count). The molecule has 0 aromatic rings. The van der Waals surface area contributed by atoms with E-state index in [1.807, 2.05) is 0 Å². The Bertz CT molecular complexity index is 1210. The molecule has 0 bridgehead atoms. The molecule has 0 unspecified atom stereocenters. The zero-order chi connectivity index (χ0) is 50.2. The van der Waals surface area contributed by atoms with Gasteiger partial charge in [-0.25, -0.2) is 0 Å². The number of nitrogens with two attached hydrogens (primary N) is 8. The van der Waals surface area contributed by atoms with E-state index < -0.39 is 96.1 Å². The predicted octanol–water partition coefficient (Wildman–Crippen LogP) is -3.13. The van der Waals surface area contributed by atoms with Crippen LogP contribution in [0, 0.1) is 0 Å². The molecule has 0 aliphatic carbocycles. The van der Waals surface area contributed by atoms with Gasteiger partial charge in [0.25, 0.3) is 0 Å². The number of methoxy groups -OCH3 is 8. The van der Waals surface area contributed by atoms with Crippen LogP contribution in [-0.2, 0) is 76.3 Å². The molecule has 0 aliphatic rings. The number of esters is 8. The van der Waals surface area contributed by atoms with Crippen LogP contribution in [0.3, 0.4) is 0 Å². The Morgan fingerprint density at radius 1 is 0.328 bits per heavy atom. The highest BCUT2D eigenvalue weighted by atomic mass is 32.2. The number of thioether (sulfide) groups is 2. The second kappa shape index (κ2) is 42.6. The molecule has 26 heteroatoms. The maximum Gasteiger partial charge on any atom is 0.323 e. The van der Waals surface area contributed by atoms with Crippen LogP contribution in [0.4, 0.5) is 0 Å². The van der Waals surface area contributed by atoms with Gasteiger partial charge < -0.3 is 83.8 Å². The van der Waals surface area contributed by atoms with Crippen LogP contribution >= 0.6 is 23.5 Å².